The first-order valence-electron chi connectivity index (χ1n) is 13.6. The third-order valence-electron chi connectivity index (χ3n) is 11.7. The lowest BCUT2D eigenvalue weighted by Crippen LogP contribution is -2.62. The fourth-order valence-electron chi connectivity index (χ4n) is 10.1. The average Bonchev–Trinajstić information content (AvgIpc) is 3.32. The molecule has 0 spiro atoms. The van der Waals surface area contributed by atoms with E-state index in [-0.39, 0.29) is 14.2 Å². The van der Waals surface area contributed by atoms with Gasteiger partial charge in [0.1, 0.15) is 0 Å². The molecule has 0 N–H and O–H groups in total. The molecule has 0 saturated heterocycles. The summed E-state index contributed by atoms with van der Waals surface area (Å²) in [6.07, 6.45) is 24.2. The number of fused-ring (bicyclic) bond motifs is 10. The van der Waals surface area contributed by atoms with E-state index in [0.29, 0.717) is 0 Å². The highest BCUT2D eigenvalue weighted by atomic mass is 32.1. The third kappa shape index (κ3) is 3.24. The summed E-state index contributed by atoms with van der Waals surface area (Å²) in [5.41, 5.74) is 0. The van der Waals surface area contributed by atoms with Gasteiger partial charge in [-0.25, -0.2) is 0 Å². The van der Waals surface area contributed by atoms with Gasteiger partial charge in [-0.05, 0) is 131 Å². The molecule has 8 bridgehead atoms. The molecule has 0 radical (unpaired) electrons. The number of hydrogen-bond acceptors (Lipinski definition) is 3. The van der Waals surface area contributed by atoms with E-state index in [2.05, 4.69) is 0 Å². The maximum Gasteiger partial charge on any atom is 0.0420 e. The van der Waals surface area contributed by atoms with Crippen LogP contribution in [0.1, 0.15) is 109 Å². The molecule has 0 aliphatic heterocycles. The van der Waals surface area contributed by atoms with Gasteiger partial charge in [-0.3, -0.25) is 0 Å². The van der Waals surface area contributed by atoms with E-state index in [1.54, 1.807) is 12.8 Å². The van der Waals surface area contributed by atoms with Crippen LogP contribution in [0.2, 0.25) is 0 Å². The molecule has 6 aliphatic carbocycles. The van der Waals surface area contributed by atoms with Gasteiger partial charge in [0, 0.05) is 14.2 Å². The van der Waals surface area contributed by atoms with E-state index in [1.807, 2.05) is 0 Å². The zero-order valence-electron chi connectivity index (χ0n) is 18.9. The first-order valence-corrected chi connectivity index (χ1v) is 14.9. The SMILES string of the molecule is SC12CCCCC3(S)C4CCC(C4)C4CCC(CC(CCC13S)C4)C1CCC(C1)C2. The van der Waals surface area contributed by atoms with Gasteiger partial charge in [-0.2, -0.15) is 37.9 Å². The molecule has 6 saturated carbocycles. The van der Waals surface area contributed by atoms with Gasteiger partial charge in [0.2, 0.25) is 0 Å². The second kappa shape index (κ2) is 7.79. The molecule has 0 amide bonds. The van der Waals surface area contributed by atoms with Gasteiger partial charge in [0.05, 0.1) is 0 Å². The molecule has 6 rings (SSSR count). The third-order valence-corrected chi connectivity index (χ3v) is 14.8. The lowest BCUT2D eigenvalue weighted by molar-refractivity contribution is 0.177. The fourth-order valence-corrected chi connectivity index (χ4v) is 12.3. The molecule has 0 nitrogen and oxygen atoms in total. The molecular formula is C27H44S3. The van der Waals surface area contributed by atoms with Crippen molar-refractivity contribution in [2.45, 2.75) is 123 Å². The standard InChI is InChI=1S/C27H44S3/c28-25-10-1-2-11-26(29)24-8-7-23(16-24)22-6-5-21(20-4-3-19(15-20)17-25)13-18(14-22)9-12-27(25,26)30/h18-24,28-30H,1-17H2. The van der Waals surface area contributed by atoms with Crippen LogP contribution >= 0.6 is 37.9 Å². The van der Waals surface area contributed by atoms with Crippen LogP contribution in [0.15, 0.2) is 0 Å². The Morgan fingerprint density at radius 2 is 1.13 bits per heavy atom. The van der Waals surface area contributed by atoms with Gasteiger partial charge >= 0.3 is 0 Å². The van der Waals surface area contributed by atoms with Gasteiger partial charge < -0.3 is 0 Å². The Bertz CT molecular complexity index is 664. The minimum Gasteiger partial charge on any atom is -0.171 e. The maximum atomic E-state index is 5.82. The van der Waals surface area contributed by atoms with E-state index in [9.17, 15) is 0 Å². The summed E-state index contributed by atoms with van der Waals surface area (Å²) in [4.78, 5) is 0. The van der Waals surface area contributed by atoms with Crippen molar-refractivity contribution in [3.05, 3.63) is 0 Å². The first-order chi connectivity index (χ1) is 14.4. The van der Waals surface area contributed by atoms with Crippen molar-refractivity contribution in [1.29, 1.82) is 0 Å². The van der Waals surface area contributed by atoms with Crippen LogP contribution in [0.4, 0.5) is 0 Å². The molecule has 10 atom stereocenters. The molecule has 0 aromatic heterocycles. The van der Waals surface area contributed by atoms with Crippen LogP contribution in [0.5, 0.6) is 0 Å². The fraction of sp³-hybridized carbons (Fsp3) is 1.00. The van der Waals surface area contributed by atoms with Crippen LogP contribution in [-0.2, 0) is 0 Å². The normalized spacial score (nSPS) is 58.3. The molecule has 0 aromatic rings. The summed E-state index contributed by atoms with van der Waals surface area (Å²) in [5.74, 6) is 6.64. The van der Waals surface area contributed by atoms with Crippen LogP contribution in [0.3, 0.4) is 0 Å². The van der Waals surface area contributed by atoms with E-state index in [1.165, 1.54) is 96.3 Å². The van der Waals surface area contributed by atoms with Gasteiger partial charge in [0.25, 0.3) is 0 Å². The predicted octanol–water partition coefficient (Wildman–Crippen LogP) is 8.02. The van der Waals surface area contributed by atoms with Crippen molar-refractivity contribution in [3.8, 4) is 0 Å². The smallest absolute Gasteiger partial charge is 0.0420 e. The number of rotatable bonds is 0. The Morgan fingerprint density at radius 3 is 1.90 bits per heavy atom. The minimum absolute atomic E-state index is 0.0145. The molecular weight excluding hydrogens is 420 g/mol. The highest BCUT2D eigenvalue weighted by Gasteiger charge is 2.63. The van der Waals surface area contributed by atoms with Gasteiger partial charge in [-0.1, -0.05) is 19.3 Å². The second-order valence-corrected chi connectivity index (χ2v) is 15.3. The van der Waals surface area contributed by atoms with E-state index in [4.69, 9.17) is 37.9 Å². The maximum absolute atomic E-state index is 5.82. The Balaban J connectivity index is 1.50. The summed E-state index contributed by atoms with van der Waals surface area (Å²) in [7, 11) is 0. The number of hydrogen-bond donors (Lipinski definition) is 3. The monoisotopic (exact) mass is 464 g/mol. The van der Waals surface area contributed by atoms with Gasteiger partial charge in [0.15, 0.2) is 0 Å². The summed E-state index contributed by atoms with van der Waals surface area (Å²) >= 11 is 17.3. The van der Waals surface area contributed by atoms with Crippen LogP contribution in [0, 0.1) is 41.4 Å². The molecule has 170 valence electrons. The highest BCUT2D eigenvalue weighted by molar-refractivity contribution is 7.89. The lowest BCUT2D eigenvalue weighted by atomic mass is 9.64. The van der Waals surface area contributed by atoms with Crippen LogP contribution in [0.25, 0.3) is 0 Å². The summed E-state index contributed by atoms with van der Waals surface area (Å²) in [6.45, 7) is 0. The van der Waals surface area contributed by atoms with E-state index >= 15 is 0 Å². The van der Waals surface area contributed by atoms with Crippen molar-refractivity contribution in [2.75, 3.05) is 0 Å². The summed E-state index contributed by atoms with van der Waals surface area (Å²) in [5, 5.41) is 0. The molecule has 3 heteroatoms. The average molecular weight is 465 g/mol. The molecule has 6 aliphatic rings. The molecule has 0 aromatic carbocycles. The van der Waals surface area contributed by atoms with Crippen molar-refractivity contribution >= 4 is 37.9 Å². The van der Waals surface area contributed by atoms with E-state index in [0.717, 1.165) is 41.4 Å². The van der Waals surface area contributed by atoms with Crippen molar-refractivity contribution in [1.82, 2.24) is 0 Å². The summed E-state index contributed by atoms with van der Waals surface area (Å²) < 4.78 is 0.132. The quantitative estimate of drug-likeness (QED) is 0.297. The van der Waals surface area contributed by atoms with E-state index < -0.39 is 0 Å². The van der Waals surface area contributed by atoms with Crippen LogP contribution in [-0.4, -0.2) is 14.2 Å². The largest absolute Gasteiger partial charge is 0.171 e. The number of thiol groups is 3. The first kappa shape index (κ1) is 21.6. The molecule has 0 heterocycles. The topological polar surface area (TPSA) is 0 Å². The highest BCUT2D eigenvalue weighted by Crippen LogP contribution is 2.65. The zero-order chi connectivity index (χ0) is 20.6. The molecule has 6 fully saturated rings. The van der Waals surface area contributed by atoms with Gasteiger partial charge in [-0.15, -0.1) is 0 Å². The molecule has 10 unspecified atom stereocenters. The lowest BCUT2D eigenvalue weighted by Gasteiger charge is -2.57. The van der Waals surface area contributed by atoms with Crippen molar-refractivity contribution in [2.24, 2.45) is 41.4 Å². The van der Waals surface area contributed by atoms with Crippen molar-refractivity contribution in [3.63, 3.8) is 0 Å². The van der Waals surface area contributed by atoms with Crippen molar-refractivity contribution < 1.29 is 0 Å². The second-order valence-electron chi connectivity index (χ2n) is 12.9. The Hall–Kier alpha value is 1.05. The van der Waals surface area contributed by atoms with Crippen LogP contribution < -0.4 is 0 Å². The summed E-state index contributed by atoms with van der Waals surface area (Å²) in [6, 6.07) is 0. The molecule has 30 heavy (non-hydrogen) atoms. The minimum atomic E-state index is -0.0145. The zero-order valence-corrected chi connectivity index (χ0v) is 21.6. The Kier molecular flexibility index (Phi) is 5.60. The Morgan fingerprint density at radius 1 is 0.533 bits per heavy atom. The Labute approximate surface area is 202 Å². The predicted molar refractivity (Wildman–Crippen MR) is 138 cm³/mol.